The van der Waals surface area contributed by atoms with Gasteiger partial charge in [-0.3, -0.25) is 4.98 Å². The highest BCUT2D eigenvalue weighted by molar-refractivity contribution is 6.31. The molecule has 1 aromatic carbocycles. The van der Waals surface area contributed by atoms with Crippen LogP contribution in [0.5, 0.6) is 0 Å². The van der Waals surface area contributed by atoms with E-state index in [0.29, 0.717) is 28.2 Å². The molecule has 1 heterocycles. The third-order valence-electron chi connectivity index (χ3n) is 2.37. The highest BCUT2D eigenvalue weighted by atomic mass is 35.5. The van der Waals surface area contributed by atoms with Crippen LogP contribution in [0.4, 0.5) is 5.69 Å². The molecule has 2 aromatic rings. The van der Waals surface area contributed by atoms with Crippen molar-refractivity contribution in [2.45, 2.75) is 6.92 Å². The summed E-state index contributed by atoms with van der Waals surface area (Å²) >= 11 is 5.88. The quantitative estimate of drug-likeness (QED) is 0.832. The van der Waals surface area contributed by atoms with Gasteiger partial charge in [0.25, 0.3) is 0 Å². The second kappa shape index (κ2) is 4.59. The lowest BCUT2D eigenvalue weighted by molar-refractivity contribution is 0.0527. The molecule has 0 aliphatic rings. The summed E-state index contributed by atoms with van der Waals surface area (Å²) in [4.78, 5) is 15.8. The Morgan fingerprint density at radius 2 is 2.29 bits per heavy atom. The minimum Gasteiger partial charge on any atom is -0.462 e. The summed E-state index contributed by atoms with van der Waals surface area (Å²) < 4.78 is 4.90. The first-order valence-electron chi connectivity index (χ1n) is 5.14. The first-order valence-corrected chi connectivity index (χ1v) is 5.52. The van der Waals surface area contributed by atoms with Gasteiger partial charge in [0.2, 0.25) is 0 Å². The van der Waals surface area contributed by atoms with Gasteiger partial charge in [-0.25, -0.2) is 4.79 Å². The summed E-state index contributed by atoms with van der Waals surface area (Å²) in [5, 5.41) is 1.20. The maximum atomic E-state index is 11.6. The lowest BCUT2D eigenvalue weighted by Gasteiger charge is -2.07. The van der Waals surface area contributed by atoms with E-state index in [9.17, 15) is 4.79 Å². The fraction of sp³-hybridized carbons (Fsp3) is 0.167. The second-order valence-corrected chi connectivity index (χ2v) is 3.90. The smallest absolute Gasteiger partial charge is 0.341 e. The molecule has 0 bridgehead atoms. The van der Waals surface area contributed by atoms with Crippen LogP contribution in [0.3, 0.4) is 0 Å². The van der Waals surface area contributed by atoms with Gasteiger partial charge in [0.15, 0.2) is 0 Å². The Hall–Kier alpha value is -1.81. The number of carbonyl (C=O) groups is 1. The van der Waals surface area contributed by atoms with Gasteiger partial charge in [-0.2, -0.15) is 0 Å². The molecule has 5 heteroatoms. The second-order valence-electron chi connectivity index (χ2n) is 3.47. The molecular weight excluding hydrogens is 240 g/mol. The monoisotopic (exact) mass is 250 g/mol. The number of pyridine rings is 1. The largest absolute Gasteiger partial charge is 0.462 e. The molecular formula is C12H11ClN2O2. The van der Waals surface area contributed by atoms with Gasteiger partial charge >= 0.3 is 5.97 Å². The van der Waals surface area contributed by atoms with Crippen molar-refractivity contribution < 1.29 is 9.53 Å². The van der Waals surface area contributed by atoms with Crippen molar-refractivity contribution >= 4 is 34.2 Å². The van der Waals surface area contributed by atoms with Crippen LogP contribution in [-0.4, -0.2) is 17.6 Å². The molecule has 0 saturated heterocycles. The molecule has 0 aliphatic carbocycles. The Morgan fingerprint density at radius 3 is 3.00 bits per heavy atom. The number of aromatic nitrogens is 1. The van der Waals surface area contributed by atoms with Crippen LogP contribution in [0.15, 0.2) is 24.4 Å². The molecule has 2 rings (SSSR count). The number of nitrogen functional groups attached to an aromatic ring is 1. The van der Waals surface area contributed by atoms with Gasteiger partial charge in [-0.1, -0.05) is 11.6 Å². The average Bonchev–Trinajstić information content (AvgIpc) is 2.30. The predicted molar refractivity (Wildman–Crippen MR) is 67.1 cm³/mol. The fourth-order valence-electron chi connectivity index (χ4n) is 1.56. The SMILES string of the molecule is CCOC(=O)c1cnc2ccc(Cl)cc2c1N. The normalized spacial score (nSPS) is 10.5. The van der Waals surface area contributed by atoms with E-state index in [1.165, 1.54) is 6.20 Å². The van der Waals surface area contributed by atoms with E-state index in [0.717, 1.165) is 0 Å². The Labute approximate surface area is 103 Å². The Morgan fingerprint density at radius 1 is 1.53 bits per heavy atom. The highest BCUT2D eigenvalue weighted by Gasteiger charge is 2.14. The zero-order valence-corrected chi connectivity index (χ0v) is 9.99. The summed E-state index contributed by atoms with van der Waals surface area (Å²) in [5.74, 6) is -0.473. The van der Waals surface area contributed by atoms with E-state index in [1.54, 1.807) is 25.1 Å². The third kappa shape index (κ3) is 2.17. The fourth-order valence-corrected chi connectivity index (χ4v) is 1.73. The molecule has 2 N–H and O–H groups in total. The number of rotatable bonds is 2. The van der Waals surface area contributed by atoms with Crippen molar-refractivity contribution in [1.29, 1.82) is 0 Å². The molecule has 1 aromatic heterocycles. The number of anilines is 1. The van der Waals surface area contributed by atoms with Crippen molar-refractivity contribution in [3.8, 4) is 0 Å². The Balaban J connectivity index is 2.60. The number of ether oxygens (including phenoxy) is 1. The van der Waals surface area contributed by atoms with Gasteiger partial charge in [0, 0.05) is 16.6 Å². The summed E-state index contributed by atoms with van der Waals surface area (Å²) in [5.41, 5.74) is 7.22. The first kappa shape index (κ1) is 11.7. The number of esters is 1. The van der Waals surface area contributed by atoms with E-state index in [1.807, 2.05) is 0 Å². The molecule has 0 fully saturated rings. The molecule has 0 radical (unpaired) electrons. The topological polar surface area (TPSA) is 65.2 Å². The summed E-state index contributed by atoms with van der Waals surface area (Å²) in [7, 11) is 0. The van der Waals surface area contributed by atoms with Crippen LogP contribution in [0.25, 0.3) is 10.9 Å². The van der Waals surface area contributed by atoms with Gasteiger partial charge in [0.05, 0.1) is 17.8 Å². The molecule has 0 unspecified atom stereocenters. The van der Waals surface area contributed by atoms with Gasteiger partial charge in [0.1, 0.15) is 5.56 Å². The van der Waals surface area contributed by atoms with Crippen LogP contribution >= 0.6 is 11.6 Å². The van der Waals surface area contributed by atoms with Gasteiger partial charge in [-0.15, -0.1) is 0 Å². The van der Waals surface area contributed by atoms with Crippen molar-refractivity contribution in [1.82, 2.24) is 4.98 Å². The Bertz CT molecular complexity index is 584. The predicted octanol–water partition coefficient (Wildman–Crippen LogP) is 2.65. The van der Waals surface area contributed by atoms with E-state index in [4.69, 9.17) is 22.1 Å². The summed E-state index contributed by atoms with van der Waals surface area (Å²) in [6.07, 6.45) is 1.42. The highest BCUT2D eigenvalue weighted by Crippen LogP contribution is 2.26. The van der Waals surface area contributed by atoms with Crippen LogP contribution in [0, 0.1) is 0 Å². The lowest BCUT2D eigenvalue weighted by Crippen LogP contribution is -2.09. The molecule has 4 nitrogen and oxygen atoms in total. The number of carbonyl (C=O) groups excluding carboxylic acids is 1. The van der Waals surface area contributed by atoms with E-state index in [2.05, 4.69) is 4.98 Å². The van der Waals surface area contributed by atoms with Gasteiger partial charge < -0.3 is 10.5 Å². The van der Waals surface area contributed by atoms with Crippen molar-refractivity contribution in [2.75, 3.05) is 12.3 Å². The standard InChI is InChI=1S/C12H11ClN2O2/c1-2-17-12(16)9-6-15-10-4-3-7(13)5-8(10)11(9)14/h3-6H,2H2,1H3,(H2,14,15). The number of hydrogen-bond donors (Lipinski definition) is 1. The number of nitrogens with zero attached hydrogens (tertiary/aromatic N) is 1. The van der Waals surface area contributed by atoms with Crippen molar-refractivity contribution in [2.24, 2.45) is 0 Å². The number of benzene rings is 1. The maximum Gasteiger partial charge on any atom is 0.341 e. The number of fused-ring (bicyclic) bond motifs is 1. The molecule has 88 valence electrons. The van der Waals surface area contributed by atoms with E-state index >= 15 is 0 Å². The average molecular weight is 251 g/mol. The first-order chi connectivity index (χ1) is 8.13. The van der Waals surface area contributed by atoms with E-state index < -0.39 is 5.97 Å². The van der Waals surface area contributed by atoms with Crippen LogP contribution < -0.4 is 5.73 Å². The number of nitrogens with two attached hydrogens (primary N) is 1. The number of halogens is 1. The molecule has 0 saturated carbocycles. The minimum absolute atomic E-state index is 0.265. The molecule has 0 amide bonds. The molecule has 0 spiro atoms. The minimum atomic E-state index is -0.473. The van der Waals surface area contributed by atoms with Gasteiger partial charge in [-0.05, 0) is 25.1 Å². The van der Waals surface area contributed by atoms with Crippen LogP contribution in [0.1, 0.15) is 17.3 Å². The number of hydrogen-bond acceptors (Lipinski definition) is 4. The molecule has 17 heavy (non-hydrogen) atoms. The molecule has 0 atom stereocenters. The Kier molecular flexibility index (Phi) is 3.15. The van der Waals surface area contributed by atoms with Crippen molar-refractivity contribution in [3.63, 3.8) is 0 Å². The zero-order chi connectivity index (χ0) is 12.4. The molecule has 0 aliphatic heterocycles. The van der Waals surface area contributed by atoms with Crippen molar-refractivity contribution in [3.05, 3.63) is 35.0 Å². The maximum absolute atomic E-state index is 11.6. The van der Waals surface area contributed by atoms with E-state index in [-0.39, 0.29) is 5.56 Å². The summed E-state index contributed by atoms with van der Waals surface area (Å²) in [6.45, 7) is 2.03. The summed E-state index contributed by atoms with van der Waals surface area (Å²) in [6, 6.07) is 5.16. The van der Waals surface area contributed by atoms with Crippen LogP contribution in [0.2, 0.25) is 5.02 Å². The lowest BCUT2D eigenvalue weighted by atomic mass is 10.1. The third-order valence-corrected chi connectivity index (χ3v) is 2.60. The van der Waals surface area contributed by atoms with Crippen LogP contribution in [-0.2, 0) is 4.74 Å². The zero-order valence-electron chi connectivity index (χ0n) is 9.24.